The molecule has 0 saturated carbocycles. The summed E-state index contributed by atoms with van der Waals surface area (Å²) in [5.41, 5.74) is 2.06. The molecule has 0 unspecified atom stereocenters. The van der Waals surface area contributed by atoms with E-state index in [0.29, 0.717) is 4.90 Å². The second-order valence-corrected chi connectivity index (χ2v) is 8.32. The Morgan fingerprint density at radius 2 is 1.90 bits per heavy atom. The van der Waals surface area contributed by atoms with Crippen LogP contribution in [0.5, 0.6) is 0 Å². The van der Waals surface area contributed by atoms with Gasteiger partial charge in [-0.2, -0.15) is 0 Å². The van der Waals surface area contributed by atoms with E-state index in [1.807, 2.05) is 32.9 Å². The summed E-state index contributed by atoms with van der Waals surface area (Å²) in [6.07, 6.45) is 0. The normalized spacial score (nSPS) is 17.3. The summed E-state index contributed by atoms with van der Waals surface area (Å²) >= 11 is 0. The number of nitrogens with one attached hydrogen (secondary N) is 1. The molecule has 1 aromatic rings. The molecule has 0 spiro atoms. The molecule has 1 aromatic carbocycles. The van der Waals surface area contributed by atoms with Gasteiger partial charge >= 0.3 is 0 Å². The Morgan fingerprint density at radius 1 is 1.24 bits per heavy atom. The van der Waals surface area contributed by atoms with Crippen molar-refractivity contribution >= 4 is 9.84 Å². The molecular weight excluding hydrogens is 284 g/mol. The van der Waals surface area contributed by atoms with E-state index in [-0.39, 0.29) is 11.7 Å². The van der Waals surface area contributed by atoms with Gasteiger partial charge in [0.2, 0.25) is 0 Å². The average Bonchev–Trinajstić information content (AvgIpc) is 2.38. The van der Waals surface area contributed by atoms with Gasteiger partial charge in [0.15, 0.2) is 9.84 Å². The van der Waals surface area contributed by atoms with Gasteiger partial charge in [-0.15, -0.1) is 0 Å². The molecule has 1 aliphatic rings. The van der Waals surface area contributed by atoms with Crippen molar-refractivity contribution < 1.29 is 8.42 Å². The molecule has 1 N–H and O–H groups in total. The summed E-state index contributed by atoms with van der Waals surface area (Å²) in [7, 11) is -3.20. The largest absolute Gasteiger partial charge is 0.314 e. The minimum atomic E-state index is -3.20. The first kappa shape index (κ1) is 16.5. The van der Waals surface area contributed by atoms with Crippen molar-refractivity contribution in [2.75, 3.05) is 31.9 Å². The fourth-order valence-electron chi connectivity index (χ4n) is 2.77. The number of benzene rings is 1. The Kier molecular flexibility index (Phi) is 5.41. The van der Waals surface area contributed by atoms with Gasteiger partial charge < -0.3 is 5.32 Å². The van der Waals surface area contributed by atoms with Gasteiger partial charge in [0.1, 0.15) is 0 Å². The van der Waals surface area contributed by atoms with Crippen LogP contribution in [0.15, 0.2) is 23.1 Å². The first-order chi connectivity index (χ1) is 9.88. The fourth-order valence-corrected chi connectivity index (χ4v) is 4.63. The Bertz CT molecular complexity index is 576. The summed E-state index contributed by atoms with van der Waals surface area (Å²) in [5, 5.41) is 3.32. The van der Waals surface area contributed by atoms with Crippen LogP contribution in [0.3, 0.4) is 0 Å². The molecule has 0 radical (unpaired) electrons. The highest BCUT2D eigenvalue weighted by Crippen LogP contribution is 2.22. The van der Waals surface area contributed by atoms with Crippen molar-refractivity contribution in [3.8, 4) is 0 Å². The SMILES string of the molecule is Cc1ccc(S(=O)(=O)CC(C)C)c(CN2CCNCC2)c1. The second kappa shape index (κ2) is 6.90. The van der Waals surface area contributed by atoms with Crippen molar-refractivity contribution in [2.24, 2.45) is 5.92 Å². The molecule has 0 bridgehead atoms. The van der Waals surface area contributed by atoms with Crippen molar-refractivity contribution in [3.63, 3.8) is 0 Å². The molecule has 0 aliphatic carbocycles. The van der Waals surface area contributed by atoms with Gasteiger partial charge in [-0.25, -0.2) is 8.42 Å². The third-order valence-corrected chi connectivity index (χ3v) is 5.88. The van der Waals surface area contributed by atoms with E-state index in [9.17, 15) is 8.42 Å². The number of aryl methyl sites for hydroxylation is 1. The van der Waals surface area contributed by atoms with Crippen molar-refractivity contribution in [3.05, 3.63) is 29.3 Å². The summed E-state index contributed by atoms with van der Waals surface area (Å²) in [4.78, 5) is 2.83. The maximum absolute atomic E-state index is 12.6. The van der Waals surface area contributed by atoms with Crippen LogP contribution in [-0.4, -0.2) is 45.2 Å². The van der Waals surface area contributed by atoms with Crippen LogP contribution in [0, 0.1) is 12.8 Å². The molecule has 1 aliphatic heterocycles. The topological polar surface area (TPSA) is 49.4 Å². The number of piperazine rings is 1. The molecule has 4 nitrogen and oxygen atoms in total. The molecule has 1 heterocycles. The quantitative estimate of drug-likeness (QED) is 0.901. The molecule has 2 rings (SSSR count). The minimum Gasteiger partial charge on any atom is -0.314 e. The van der Waals surface area contributed by atoms with Crippen LogP contribution in [0.25, 0.3) is 0 Å². The highest BCUT2D eigenvalue weighted by Gasteiger charge is 2.21. The van der Waals surface area contributed by atoms with Crippen LogP contribution in [0.4, 0.5) is 0 Å². The third kappa shape index (κ3) is 4.53. The summed E-state index contributed by atoms with van der Waals surface area (Å²) in [5.74, 6) is 0.355. The predicted molar refractivity (Wildman–Crippen MR) is 86.2 cm³/mol. The molecular formula is C16H26N2O2S. The highest BCUT2D eigenvalue weighted by molar-refractivity contribution is 7.91. The van der Waals surface area contributed by atoms with E-state index in [0.717, 1.165) is 43.9 Å². The second-order valence-electron chi connectivity index (χ2n) is 6.31. The van der Waals surface area contributed by atoms with Gasteiger partial charge in [0, 0.05) is 32.7 Å². The van der Waals surface area contributed by atoms with Gasteiger partial charge in [0.25, 0.3) is 0 Å². The molecule has 1 saturated heterocycles. The molecule has 1 fully saturated rings. The number of rotatable bonds is 5. The summed E-state index contributed by atoms with van der Waals surface area (Å²) in [6, 6.07) is 5.70. The molecule has 0 amide bonds. The van der Waals surface area contributed by atoms with Gasteiger partial charge in [-0.05, 0) is 24.5 Å². The van der Waals surface area contributed by atoms with Gasteiger partial charge in [-0.1, -0.05) is 31.5 Å². The maximum atomic E-state index is 12.6. The van der Waals surface area contributed by atoms with Crippen LogP contribution in [-0.2, 0) is 16.4 Å². The molecule has 118 valence electrons. The number of hydrogen-bond acceptors (Lipinski definition) is 4. The zero-order chi connectivity index (χ0) is 15.5. The lowest BCUT2D eigenvalue weighted by molar-refractivity contribution is 0.231. The Morgan fingerprint density at radius 3 is 2.52 bits per heavy atom. The van der Waals surface area contributed by atoms with Crippen LogP contribution in [0.1, 0.15) is 25.0 Å². The standard InChI is InChI=1S/C16H26N2O2S/c1-13(2)12-21(19,20)16-5-4-14(3)10-15(16)11-18-8-6-17-7-9-18/h4-5,10,13,17H,6-9,11-12H2,1-3H3. The van der Waals surface area contributed by atoms with Crippen LogP contribution in [0.2, 0.25) is 0 Å². The van der Waals surface area contributed by atoms with Gasteiger partial charge in [-0.3, -0.25) is 4.90 Å². The predicted octanol–water partition coefficient (Wildman–Crippen LogP) is 1.83. The number of nitrogens with zero attached hydrogens (tertiary/aromatic N) is 1. The summed E-state index contributed by atoms with van der Waals surface area (Å²) < 4.78 is 25.2. The van der Waals surface area contributed by atoms with E-state index in [1.165, 1.54) is 0 Å². The number of hydrogen-bond donors (Lipinski definition) is 1. The van der Waals surface area contributed by atoms with Crippen molar-refractivity contribution in [1.82, 2.24) is 10.2 Å². The molecule has 5 heteroatoms. The number of sulfone groups is 1. The van der Waals surface area contributed by atoms with E-state index < -0.39 is 9.84 Å². The lowest BCUT2D eigenvalue weighted by Gasteiger charge is -2.28. The lowest BCUT2D eigenvalue weighted by Crippen LogP contribution is -2.43. The minimum absolute atomic E-state index is 0.142. The monoisotopic (exact) mass is 310 g/mol. The fraction of sp³-hybridized carbons (Fsp3) is 0.625. The zero-order valence-electron chi connectivity index (χ0n) is 13.2. The van der Waals surface area contributed by atoms with E-state index in [2.05, 4.69) is 10.2 Å². The van der Waals surface area contributed by atoms with Crippen molar-refractivity contribution in [2.45, 2.75) is 32.2 Å². The van der Waals surface area contributed by atoms with Crippen molar-refractivity contribution in [1.29, 1.82) is 0 Å². The smallest absolute Gasteiger partial charge is 0.178 e. The lowest BCUT2D eigenvalue weighted by atomic mass is 10.1. The maximum Gasteiger partial charge on any atom is 0.178 e. The summed E-state index contributed by atoms with van der Waals surface area (Å²) in [6.45, 7) is 10.5. The van der Waals surface area contributed by atoms with E-state index in [1.54, 1.807) is 6.07 Å². The van der Waals surface area contributed by atoms with Crippen LogP contribution >= 0.6 is 0 Å². The van der Waals surface area contributed by atoms with Crippen LogP contribution < -0.4 is 5.32 Å². The van der Waals surface area contributed by atoms with Gasteiger partial charge in [0.05, 0.1) is 10.6 Å². The molecule has 21 heavy (non-hydrogen) atoms. The molecule has 0 aromatic heterocycles. The van der Waals surface area contributed by atoms with E-state index in [4.69, 9.17) is 0 Å². The first-order valence-corrected chi connectivity index (χ1v) is 9.29. The Balaban J connectivity index is 2.28. The highest BCUT2D eigenvalue weighted by atomic mass is 32.2. The Labute approximate surface area is 128 Å². The third-order valence-electron chi connectivity index (χ3n) is 3.71. The van der Waals surface area contributed by atoms with E-state index >= 15 is 0 Å². The zero-order valence-corrected chi connectivity index (χ0v) is 14.0. The Hall–Kier alpha value is -0.910. The molecule has 0 atom stereocenters. The average molecular weight is 310 g/mol. The first-order valence-electron chi connectivity index (χ1n) is 7.64.